The van der Waals surface area contributed by atoms with Crippen LogP contribution in [0.1, 0.15) is 111 Å². The normalized spacial score (nSPS) is 15.8. The van der Waals surface area contributed by atoms with Crippen LogP contribution in [0.2, 0.25) is 0 Å². The lowest BCUT2D eigenvalue weighted by Crippen LogP contribution is -2.30. The lowest BCUT2D eigenvalue weighted by atomic mass is 9.81. The first-order chi connectivity index (χ1) is 34.9. The number of ether oxygens (including phenoxy) is 5. The van der Waals surface area contributed by atoms with Crippen LogP contribution in [-0.2, 0) is 64.3 Å². The first-order valence-electron chi connectivity index (χ1n) is 25.0. The SMILES string of the molecule is CCN1\C(=C/C=C/C=C/C2=[N+](CCCCCC(=O)NCCOCCOCCNC(=O)OCCC(C)(C)SSCOCCCCOC(C)=O)c3ccc(S(=O)(=O)O)cc3C2(C)C)C(C)(C)c2cc(S(=O)(=O)O)ccc21. The van der Waals surface area contributed by atoms with Crippen molar-refractivity contribution >= 4 is 76.9 Å². The Labute approximate surface area is 446 Å². The van der Waals surface area contributed by atoms with Crippen molar-refractivity contribution < 1.29 is 68.6 Å². The predicted octanol–water partition coefficient (Wildman–Crippen LogP) is 8.67. The molecule has 2 aromatic rings. The van der Waals surface area contributed by atoms with Gasteiger partial charge in [0.25, 0.3) is 20.2 Å². The number of likely N-dealkylation sites (N-methyl/N-ethyl adjacent to an activating group) is 1. The van der Waals surface area contributed by atoms with Crippen molar-refractivity contribution in [3.63, 3.8) is 0 Å². The summed E-state index contributed by atoms with van der Waals surface area (Å²) in [7, 11) is -5.53. The molecule has 0 bridgehead atoms. The summed E-state index contributed by atoms with van der Waals surface area (Å²) in [4.78, 5) is 37.3. The number of carbonyl (C=O) groups excluding carboxylic acids is 3. The summed E-state index contributed by atoms with van der Waals surface area (Å²) in [5.74, 6) is 0.188. The Morgan fingerprint density at radius 3 is 2.05 bits per heavy atom. The van der Waals surface area contributed by atoms with Crippen LogP contribution in [0.4, 0.5) is 16.2 Å². The van der Waals surface area contributed by atoms with Gasteiger partial charge in [-0.15, -0.1) is 0 Å². The van der Waals surface area contributed by atoms with Crippen LogP contribution in [-0.4, -0.2) is 137 Å². The Morgan fingerprint density at radius 2 is 1.39 bits per heavy atom. The van der Waals surface area contributed by atoms with Crippen molar-refractivity contribution in [2.45, 2.75) is 126 Å². The zero-order chi connectivity index (χ0) is 54.6. The Bertz CT molecular complexity index is 2580. The molecule has 4 rings (SSSR count). The van der Waals surface area contributed by atoms with Gasteiger partial charge in [0.05, 0.1) is 54.8 Å². The number of hydrogen-bond acceptors (Lipinski definition) is 15. The molecule has 0 aliphatic carbocycles. The van der Waals surface area contributed by atoms with Gasteiger partial charge in [-0.05, 0) is 109 Å². The molecule has 0 atom stereocenters. The van der Waals surface area contributed by atoms with E-state index in [4.69, 9.17) is 23.7 Å². The van der Waals surface area contributed by atoms with Gasteiger partial charge in [-0.2, -0.15) is 21.4 Å². The molecule has 2 heterocycles. The summed E-state index contributed by atoms with van der Waals surface area (Å²) in [6.45, 7) is 20.1. The molecule has 0 saturated carbocycles. The number of anilines is 1. The van der Waals surface area contributed by atoms with E-state index in [1.54, 1.807) is 33.7 Å². The highest BCUT2D eigenvalue weighted by Crippen LogP contribution is 2.48. The average Bonchev–Trinajstić information content (AvgIpc) is 3.67. The van der Waals surface area contributed by atoms with Gasteiger partial charge in [0.2, 0.25) is 11.6 Å². The summed E-state index contributed by atoms with van der Waals surface area (Å²) in [5, 5.41) is 5.56. The van der Waals surface area contributed by atoms with Crippen molar-refractivity contribution in [3.05, 3.63) is 83.6 Å². The minimum atomic E-state index is -4.43. The van der Waals surface area contributed by atoms with Crippen molar-refractivity contribution in [1.29, 1.82) is 0 Å². The van der Waals surface area contributed by atoms with E-state index in [9.17, 15) is 40.3 Å². The number of alkyl carbamates (subject to hydrolysis) is 1. The number of benzene rings is 2. The Morgan fingerprint density at radius 1 is 0.743 bits per heavy atom. The number of carbonyl (C=O) groups is 3. The molecule has 0 fully saturated rings. The predicted molar refractivity (Wildman–Crippen MR) is 291 cm³/mol. The summed E-state index contributed by atoms with van der Waals surface area (Å²) in [6, 6.07) is 9.30. The second kappa shape index (κ2) is 29.3. The first-order valence-corrected chi connectivity index (χ1v) is 30.2. The fourth-order valence-electron chi connectivity index (χ4n) is 8.48. The van der Waals surface area contributed by atoms with E-state index < -0.39 is 37.2 Å². The van der Waals surface area contributed by atoms with E-state index in [2.05, 4.69) is 34.0 Å². The molecular weight excluding hydrogens is 1030 g/mol. The highest BCUT2D eigenvalue weighted by molar-refractivity contribution is 8.77. The van der Waals surface area contributed by atoms with Crippen molar-refractivity contribution in [2.24, 2.45) is 0 Å². The number of amides is 2. The van der Waals surface area contributed by atoms with E-state index in [0.717, 1.165) is 59.6 Å². The molecule has 412 valence electrons. The van der Waals surface area contributed by atoms with Gasteiger partial charge in [-0.1, -0.05) is 53.7 Å². The molecule has 74 heavy (non-hydrogen) atoms. The van der Waals surface area contributed by atoms with E-state index in [1.807, 2.05) is 65.0 Å². The molecule has 0 unspecified atom stereocenters. The minimum absolute atomic E-state index is 0.0760. The van der Waals surface area contributed by atoms with Crippen LogP contribution in [0.5, 0.6) is 0 Å². The molecule has 0 radical (unpaired) electrons. The van der Waals surface area contributed by atoms with Gasteiger partial charge in [-0.3, -0.25) is 18.7 Å². The summed E-state index contributed by atoms with van der Waals surface area (Å²) >= 11 is 0. The van der Waals surface area contributed by atoms with Gasteiger partial charge in [0.1, 0.15) is 12.5 Å². The van der Waals surface area contributed by atoms with Gasteiger partial charge in [-0.25, -0.2) is 4.79 Å². The fourth-order valence-corrected chi connectivity index (χ4v) is 11.8. The van der Waals surface area contributed by atoms with Gasteiger partial charge < -0.3 is 39.2 Å². The monoisotopic (exact) mass is 1110 g/mol. The molecule has 0 aromatic heterocycles. The number of fused-ring (bicyclic) bond motifs is 2. The topological polar surface area (TPSA) is 236 Å². The number of allylic oxidation sites excluding steroid dienone is 6. The average molecular weight is 1110 g/mol. The number of unbranched alkanes of at least 4 members (excludes halogenated alkanes) is 3. The summed E-state index contributed by atoms with van der Waals surface area (Å²) < 4.78 is 96.7. The van der Waals surface area contributed by atoms with Crippen LogP contribution < -0.4 is 15.5 Å². The lowest BCUT2D eigenvalue weighted by molar-refractivity contribution is -0.438. The molecule has 22 heteroatoms. The molecule has 4 N–H and O–H groups in total. The molecule has 2 amide bonds. The number of esters is 1. The van der Waals surface area contributed by atoms with E-state index in [-0.39, 0.29) is 33.0 Å². The van der Waals surface area contributed by atoms with Crippen LogP contribution in [0, 0.1) is 0 Å². The smallest absolute Gasteiger partial charge is 0.407 e. The highest BCUT2D eigenvalue weighted by atomic mass is 33.1. The minimum Gasteiger partial charge on any atom is -0.466 e. The molecule has 2 aliphatic heterocycles. The third-order valence-electron chi connectivity index (χ3n) is 12.5. The van der Waals surface area contributed by atoms with E-state index in [1.165, 1.54) is 31.2 Å². The van der Waals surface area contributed by atoms with Crippen molar-refractivity contribution in [1.82, 2.24) is 10.6 Å². The Hall–Kier alpha value is -4.26. The van der Waals surface area contributed by atoms with Gasteiger partial charge in [0, 0.05) is 85.3 Å². The first kappa shape index (κ1) is 62.3. The Kier molecular flexibility index (Phi) is 24.7. The zero-order valence-electron chi connectivity index (χ0n) is 44.1. The van der Waals surface area contributed by atoms with Crippen LogP contribution in [0.3, 0.4) is 0 Å². The van der Waals surface area contributed by atoms with E-state index >= 15 is 0 Å². The van der Waals surface area contributed by atoms with Crippen molar-refractivity contribution in [3.8, 4) is 0 Å². The number of nitrogens with zero attached hydrogens (tertiary/aromatic N) is 2. The molecule has 2 aromatic carbocycles. The molecule has 2 aliphatic rings. The second-order valence-electron chi connectivity index (χ2n) is 19.4. The van der Waals surface area contributed by atoms with E-state index in [0.29, 0.717) is 91.0 Å². The second-order valence-corrected chi connectivity index (χ2v) is 25.2. The quantitative estimate of drug-likeness (QED) is 0.00995. The number of hydrogen-bond donors (Lipinski definition) is 4. The molecule has 0 saturated heterocycles. The fraction of sp³-hybridized carbons (Fsp3) is 0.577. The third kappa shape index (κ3) is 19.4. The van der Waals surface area contributed by atoms with Crippen LogP contribution in [0.25, 0.3) is 0 Å². The maximum Gasteiger partial charge on any atom is 0.407 e. The number of nitrogens with one attached hydrogen (secondary N) is 2. The molecule has 0 spiro atoms. The maximum absolute atomic E-state index is 12.6. The zero-order valence-corrected chi connectivity index (χ0v) is 47.4. The Balaban J connectivity index is 1.14. The standard InChI is InChI=1S/C52H76N4O14S4/c1-9-55-44-23-21-40(73(60,61)62)36-42(44)51(5,6)46(55)18-12-10-13-19-47-52(7,8)43-37-41(74(63,64)65)22-24-45(43)56(47)28-15-11-14-20-48(58)53-26-32-66-34-35-67-33-27-54-49(59)70-31-25-50(3,4)72-71-38-68-29-16-17-30-69-39(2)57/h10,12-13,18-19,21-24,36-37H,9,11,14-17,20,25-35,38H2,1-8H3,(H3-,53,54,58,59,60,61,62,63,64,65)/p+1. The highest BCUT2D eigenvalue weighted by Gasteiger charge is 2.45. The maximum atomic E-state index is 12.6. The van der Waals surface area contributed by atoms with Gasteiger partial charge >= 0.3 is 12.1 Å². The van der Waals surface area contributed by atoms with Gasteiger partial charge in [0.15, 0.2) is 5.71 Å². The van der Waals surface area contributed by atoms with Crippen LogP contribution in [0.15, 0.2) is 82.3 Å². The third-order valence-corrected chi connectivity index (χ3v) is 17.2. The van der Waals surface area contributed by atoms with Crippen molar-refractivity contribution in [2.75, 3.05) is 83.3 Å². The summed E-state index contributed by atoms with van der Waals surface area (Å²) in [5.41, 5.74) is 3.99. The molecular formula is C52H77N4O14S4+. The largest absolute Gasteiger partial charge is 0.466 e. The lowest BCUT2D eigenvalue weighted by Gasteiger charge is -2.25. The molecule has 18 nitrogen and oxygen atoms in total. The van der Waals surface area contributed by atoms with Crippen LogP contribution >= 0.6 is 21.6 Å². The number of rotatable bonds is 33. The summed E-state index contributed by atoms with van der Waals surface area (Å²) in [6.07, 6.45) is 14.0.